The van der Waals surface area contributed by atoms with Gasteiger partial charge >= 0.3 is 0 Å². The second kappa shape index (κ2) is 1.99. The van der Waals surface area contributed by atoms with Gasteiger partial charge in [0.25, 0.3) is 0 Å². The van der Waals surface area contributed by atoms with E-state index in [4.69, 9.17) is 5.73 Å². The largest absolute Gasteiger partial charge is 0.387 e. The van der Waals surface area contributed by atoms with Crippen LogP contribution in [0.25, 0.3) is 0 Å². The Morgan fingerprint density at radius 3 is 2.88 bits per heavy atom. The molecule has 0 fully saturated rings. The van der Waals surface area contributed by atoms with E-state index in [1.54, 1.807) is 0 Å². The van der Waals surface area contributed by atoms with Crippen LogP contribution in [0.1, 0.15) is 19.8 Å². The molecule has 0 aromatic carbocycles. The minimum Gasteiger partial charge on any atom is -0.387 e. The summed E-state index contributed by atoms with van der Waals surface area (Å²) >= 11 is 0. The summed E-state index contributed by atoms with van der Waals surface area (Å²) in [5, 5.41) is 0. The third-order valence-electron chi connectivity index (χ3n) is 1.16. The number of nitrogens with two attached hydrogens (primary N) is 1. The average Bonchev–Trinajstić information content (AvgIpc) is 1.64. The van der Waals surface area contributed by atoms with E-state index in [0.717, 1.165) is 24.4 Å². The minimum atomic E-state index is 0.769. The monoisotopic (exact) mass is 110 g/mol. The summed E-state index contributed by atoms with van der Waals surface area (Å²) < 4.78 is 0. The van der Waals surface area contributed by atoms with E-state index < -0.39 is 0 Å². The van der Waals surface area contributed by atoms with Crippen LogP contribution in [0.3, 0.4) is 0 Å². The second-order valence-electron chi connectivity index (χ2n) is 1.99. The molecule has 0 bridgehead atoms. The smallest absolute Gasteiger partial charge is 0.0995 e. The highest BCUT2D eigenvalue weighted by molar-refractivity contribution is 5.82. The number of nitrogens with zero attached hydrogens (tertiary/aromatic N) is 1. The van der Waals surface area contributed by atoms with Crippen LogP contribution < -0.4 is 5.73 Å². The van der Waals surface area contributed by atoms with Gasteiger partial charge in [0.15, 0.2) is 0 Å². The molecule has 0 saturated heterocycles. The predicted octanol–water partition coefficient (Wildman–Crippen LogP) is 1.04. The van der Waals surface area contributed by atoms with Crippen molar-refractivity contribution in [3.63, 3.8) is 0 Å². The van der Waals surface area contributed by atoms with Gasteiger partial charge in [-0.05, 0) is 13.3 Å². The summed E-state index contributed by atoms with van der Waals surface area (Å²) in [7, 11) is 0. The van der Waals surface area contributed by atoms with Crippen LogP contribution >= 0.6 is 0 Å². The van der Waals surface area contributed by atoms with E-state index in [0.29, 0.717) is 0 Å². The van der Waals surface area contributed by atoms with Gasteiger partial charge in [0.05, 0.1) is 5.84 Å². The molecular weight excluding hydrogens is 100 g/mol. The number of hydrogen-bond donors (Lipinski definition) is 1. The molecule has 2 nitrogen and oxygen atoms in total. The second-order valence-corrected chi connectivity index (χ2v) is 1.99. The Bertz CT molecular complexity index is 145. The first-order chi connectivity index (χ1) is 3.79. The van der Waals surface area contributed by atoms with Crippen LogP contribution in [0.15, 0.2) is 16.8 Å². The van der Waals surface area contributed by atoms with Crippen LogP contribution in [0, 0.1) is 0 Å². The summed E-state index contributed by atoms with van der Waals surface area (Å²) in [5.41, 5.74) is 6.48. The molecular formula is C6H10N2. The molecule has 1 heterocycles. The molecule has 0 aromatic rings. The third-order valence-corrected chi connectivity index (χ3v) is 1.16. The van der Waals surface area contributed by atoms with Gasteiger partial charge in [0, 0.05) is 12.1 Å². The van der Waals surface area contributed by atoms with E-state index in [1.165, 1.54) is 0 Å². The fraction of sp³-hybridized carbons (Fsp3) is 0.500. The molecule has 0 saturated carbocycles. The maximum atomic E-state index is 5.43. The summed E-state index contributed by atoms with van der Waals surface area (Å²) in [6.45, 7) is 1.96. The minimum absolute atomic E-state index is 0.769. The lowest BCUT2D eigenvalue weighted by Gasteiger charge is -2.03. The van der Waals surface area contributed by atoms with Crippen molar-refractivity contribution >= 4 is 5.84 Å². The Labute approximate surface area is 49.1 Å². The molecule has 0 aliphatic carbocycles. The van der Waals surface area contributed by atoms with Crippen LogP contribution in [-0.4, -0.2) is 5.84 Å². The normalized spacial score (nSPS) is 19.6. The molecule has 0 radical (unpaired) electrons. The molecule has 0 amide bonds. The maximum Gasteiger partial charge on any atom is 0.0995 e. The lowest BCUT2D eigenvalue weighted by molar-refractivity contribution is 1.01. The quantitative estimate of drug-likeness (QED) is 0.497. The van der Waals surface area contributed by atoms with Crippen molar-refractivity contribution in [3.8, 4) is 0 Å². The van der Waals surface area contributed by atoms with Gasteiger partial charge in [-0.25, -0.2) is 4.99 Å². The number of amidine groups is 1. The molecule has 1 aliphatic heterocycles. The highest BCUT2D eigenvalue weighted by Gasteiger charge is 1.96. The van der Waals surface area contributed by atoms with E-state index in [1.807, 2.05) is 6.92 Å². The lowest BCUT2D eigenvalue weighted by atomic mass is 10.2. The van der Waals surface area contributed by atoms with Gasteiger partial charge < -0.3 is 5.73 Å². The van der Waals surface area contributed by atoms with Crippen LogP contribution in [-0.2, 0) is 0 Å². The maximum absolute atomic E-state index is 5.43. The van der Waals surface area contributed by atoms with Crippen LogP contribution in [0.5, 0.6) is 0 Å². The first kappa shape index (κ1) is 5.35. The Morgan fingerprint density at radius 2 is 2.50 bits per heavy atom. The number of rotatable bonds is 0. The summed E-state index contributed by atoms with van der Waals surface area (Å²) in [6.07, 6.45) is 4.08. The van der Waals surface area contributed by atoms with Crippen molar-refractivity contribution in [3.05, 3.63) is 11.8 Å². The van der Waals surface area contributed by atoms with Gasteiger partial charge in [-0.2, -0.15) is 0 Å². The number of hydrogen-bond acceptors (Lipinski definition) is 2. The molecule has 2 heteroatoms. The molecule has 0 atom stereocenters. The zero-order chi connectivity index (χ0) is 5.98. The predicted molar refractivity (Wildman–Crippen MR) is 34.6 cm³/mol. The molecule has 0 unspecified atom stereocenters. The molecule has 0 aromatic heterocycles. The van der Waals surface area contributed by atoms with Crippen molar-refractivity contribution in [2.45, 2.75) is 19.8 Å². The lowest BCUT2D eigenvalue weighted by Crippen LogP contribution is -2.12. The summed E-state index contributed by atoms with van der Waals surface area (Å²) in [4.78, 5) is 4.04. The van der Waals surface area contributed by atoms with E-state index in [-0.39, 0.29) is 0 Å². The van der Waals surface area contributed by atoms with Crippen molar-refractivity contribution in [2.24, 2.45) is 10.7 Å². The van der Waals surface area contributed by atoms with Gasteiger partial charge in [-0.1, -0.05) is 6.08 Å². The zero-order valence-corrected chi connectivity index (χ0v) is 5.02. The van der Waals surface area contributed by atoms with Gasteiger partial charge in [-0.3, -0.25) is 0 Å². The Hall–Kier alpha value is -0.790. The molecule has 1 rings (SSSR count). The van der Waals surface area contributed by atoms with Gasteiger partial charge in [0.1, 0.15) is 0 Å². The Morgan fingerprint density at radius 1 is 1.75 bits per heavy atom. The molecule has 44 valence electrons. The average molecular weight is 110 g/mol. The SMILES string of the molecule is CC1=CCCC(N)=N1. The summed E-state index contributed by atoms with van der Waals surface area (Å²) in [6, 6.07) is 0. The number of allylic oxidation sites excluding steroid dienone is 2. The van der Waals surface area contributed by atoms with Crippen molar-refractivity contribution in [1.82, 2.24) is 0 Å². The fourth-order valence-electron chi connectivity index (χ4n) is 0.757. The van der Waals surface area contributed by atoms with Crippen LogP contribution in [0.2, 0.25) is 0 Å². The van der Waals surface area contributed by atoms with E-state index in [2.05, 4.69) is 11.1 Å². The molecule has 2 N–H and O–H groups in total. The first-order valence-corrected chi connectivity index (χ1v) is 2.79. The van der Waals surface area contributed by atoms with Crippen molar-refractivity contribution in [1.29, 1.82) is 0 Å². The topological polar surface area (TPSA) is 38.4 Å². The third kappa shape index (κ3) is 1.09. The first-order valence-electron chi connectivity index (χ1n) is 2.79. The van der Waals surface area contributed by atoms with E-state index in [9.17, 15) is 0 Å². The van der Waals surface area contributed by atoms with Gasteiger partial charge in [0.2, 0.25) is 0 Å². The highest BCUT2D eigenvalue weighted by atomic mass is 14.9. The Kier molecular flexibility index (Phi) is 1.33. The van der Waals surface area contributed by atoms with Crippen molar-refractivity contribution in [2.75, 3.05) is 0 Å². The van der Waals surface area contributed by atoms with Crippen molar-refractivity contribution < 1.29 is 0 Å². The standard InChI is InChI=1S/C6H10N2/c1-5-3-2-4-6(7)8-5/h3H,2,4H2,1H3,(H2,7,8). The van der Waals surface area contributed by atoms with Gasteiger partial charge in [-0.15, -0.1) is 0 Å². The highest BCUT2D eigenvalue weighted by Crippen LogP contribution is 2.06. The molecule has 0 spiro atoms. The summed E-state index contributed by atoms with van der Waals surface area (Å²) in [5.74, 6) is 0.769. The fourth-order valence-corrected chi connectivity index (χ4v) is 0.757. The van der Waals surface area contributed by atoms with E-state index >= 15 is 0 Å². The molecule has 8 heavy (non-hydrogen) atoms. The number of aliphatic imine (C=N–C) groups is 1. The molecule has 1 aliphatic rings. The Balaban J connectivity index is 2.69. The zero-order valence-electron chi connectivity index (χ0n) is 5.02. The van der Waals surface area contributed by atoms with Crippen LogP contribution in [0.4, 0.5) is 0 Å².